The molecule has 0 spiro atoms. The average Bonchev–Trinajstić information content (AvgIpc) is 2.81. The summed E-state index contributed by atoms with van der Waals surface area (Å²) in [6.07, 6.45) is 0. The maximum absolute atomic E-state index is 10.4. The molecule has 1 aromatic heterocycles. The van der Waals surface area contributed by atoms with Crippen molar-refractivity contribution in [3.05, 3.63) is 59.6 Å². The Morgan fingerprint density at radius 1 is 1.05 bits per heavy atom. The van der Waals surface area contributed by atoms with Crippen molar-refractivity contribution in [3.8, 4) is 0 Å². The normalized spacial score (nSPS) is 11.0. The van der Waals surface area contributed by atoms with Gasteiger partial charge in [0, 0.05) is 6.07 Å². The molecule has 0 fully saturated rings. The van der Waals surface area contributed by atoms with Crippen LogP contribution in [0.1, 0.15) is 5.56 Å². The van der Waals surface area contributed by atoms with Gasteiger partial charge in [0.2, 0.25) is 11.0 Å². The average molecular weight is 321 g/mol. The molecule has 0 saturated carbocycles. The zero-order chi connectivity index (χ0) is 15.5. The number of aryl methyl sites for hydroxylation is 2. The van der Waals surface area contributed by atoms with Crippen LogP contribution in [0, 0.1) is 6.92 Å². The smallest absolute Gasteiger partial charge is 0.225 e. The van der Waals surface area contributed by atoms with Crippen molar-refractivity contribution in [2.24, 2.45) is 7.05 Å². The zero-order valence-corrected chi connectivity index (χ0v) is 13.3. The molecule has 0 aliphatic heterocycles. The van der Waals surface area contributed by atoms with Gasteiger partial charge in [0.1, 0.15) is 21.9 Å². The molecule has 0 unspecified atom stereocenters. The fraction of sp³-hybridized carbons (Fsp3) is 0.133. The molecule has 4 nitrogen and oxygen atoms in total. The fourth-order valence-corrected chi connectivity index (χ4v) is 3.09. The summed E-state index contributed by atoms with van der Waals surface area (Å²) in [7, 11) is -2.20. The van der Waals surface area contributed by atoms with Crippen LogP contribution in [0.4, 0.5) is 0 Å². The van der Waals surface area contributed by atoms with Crippen LogP contribution in [-0.2, 0) is 17.2 Å². The third kappa shape index (κ3) is 4.10. The molecule has 110 valence electrons. The molecule has 0 aliphatic rings. The molecule has 0 aliphatic carbocycles. The summed E-state index contributed by atoms with van der Waals surface area (Å²) in [5.41, 5.74) is 4.36. The van der Waals surface area contributed by atoms with Gasteiger partial charge >= 0.3 is 0 Å². The summed E-state index contributed by atoms with van der Waals surface area (Å²) in [6.45, 7) is 1.82. The van der Waals surface area contributed by atoms with Crippen molar-refractivity contribution in [1.82, 2.24) is 0 Å². The molecule has 3 rings (SSSR count). The first-order chi connectivity index (χ1) is 9.88. The number of hydrogen-bond donors (Lipinski definition) is 0. The van der Waals surface area contributed by atoms with Crippen molar-refractivity contribution in [3.63, 3.8) is 0 Å². The summed E-state index contributed by atoms with van der Waals surface area (Å²) in [6, 6.07) is 14.2. The highest BCUT2D eigenvalue weighted by molar-refractivity contribution is 7.85. The van der Waals surface area contributed by atoms with Crippen LogP contribution in [-0.4, -0.2) is 13.0 Å². The lowest BCUT2D eigenvalue weighted by Crippen LogP contribution is -2.24. The number of fused-ring (bicyclic) bond motifs is 1. The molecule has 3 aromatic rings. The van der Waals surface area contributed by atoms with Crippen LogP contribution < -0.4 is 4.57 Å². The van der Waals surface area contributed by atoms with Gasteiger partial charge in [0.05, 0.1) is 4.90 Å². The lowest BCUT2D eigenvalue weighted by molar-refractivity contribution is -0.640. The highest BCUT2D eigenvalue weighted by Gasteiger charge is 2.03. The molecule has 0 bridgehead atoms. The van der Waals surface area contributed by atoms with Crippen molar-refractivity contribution in [2.45, 2.75) is 11.8 Å². The Hall–Kier alpha value is -1.76. The second-order valence-corrected chi connectivity index (χ2v) is 6.84. The molecule has 6 heteroatoms. The minimum atomic E-state index is -4.27. The van der Waals surface area contributed by atoms with E-state index in [9.17, 15) is 13.0 Å². The highest BCUT2D eigenvalue weighted by Crippen LogP contribution is 2.13. The maximum Gasteiger partial charge on any atom is 0.225 e. The summed E-state index contributed by atoms with van der Waals surface area (Å²) in [4.78, 5) is -0.178. The molecule has 0 saturated heterocycles. The first kappa shape index (κ1) is 15.6. The Morgan fingerprint density at radius 2 is 1.67 bits per heavy atom. The van der Waals surface area contributed by atoms with Crippen LogP contribution in [0.15, 0.2) is 58.9 Å². The number of hydrogen-bond acceptors (Lipinski definition) is 4. The first-order valence-corrected chi connectivity index (χ1v) is 8.51. The van der Waals surface area contributed by atoms with Crippen LogP contribution in [0.5, 0.6) is 0 Å². The molecule has 0 atom stereocenters. The van der Waals surface area contributed by atoms with E-state index in [1.54, 1.807) is 23.5 Å². The Bertz CT molecular complexity index is 837. The number of nitrogens with zero attached hydrogens (tertiary/aromatic N) is 1. The van der Waals surface area contributed by atoms with E-state index in [0.717, 1.165) is 5.56 Å². The van der Waals surface area contributed by atoms with Crippen LogP contribution in [0.25, 0.3) is 10.2 Å². The van der Waals surface area contributed by atoms with Gasteiger partial charge in [-0.15, -0.1) is 0 Å². The molecular formula is C15H15NO3S2. The van der Waals surface area contributed by atoms with Crippen LogP contribution in [0.3, 0.4) is 0 Å². The van der Waals surface area contributed by atoms with Gasteiger partial charge in [-0.25, -0.2) is 8.42 Å². The second-order valence-electron chi connectivity index (χ2n) is 4.57. The predicted octanol–water partition coefficient (Wildman–Crippen LogP) is 2.62. The Kier molecular flexibility index (Phi) is 4.72. The van der Waals surface area contributed by atoms with Crippen LogP contribution >= 0.6 is 11.3 Å². The second kappa shape index (κ2) is 6.34. The third-order valence-corrected chi connectivity index (χ3v) is 4.76. The maximum atomic E-state index is 10.4. The number of aromatic nitrogens is 1. The minimum absolute atomic E-state index is 0.178. The molecule has 0 amide bonds. The number of para-hydroxylation sites is 1. The van der Waals surface area contributed by atoms with Crippen LogP contribution in [0.2, 0.25) is 0 Å². The van der Waals surface area contributed by atoms with Crippen molar-refractivity contribution in [2.75, 3.05) is 0 Å². The Labute approximate surface area is 128 Å². The quantitative estimate of drug-likeness (QED) is 0.511. The van der Waals surface area contributed by atoms with Crippen molar-refractivity contribution < 1.29 is 17.5 Å². The van der Waals surface area contributed by atoms with E-state index in [4.69, 9.17) is 0 Å². The standard InChI is InChI=1S/C8H8NS.C7H8O3S/c1-9-6-10-8-5-3-2-4-7(8)9;1-6-2-4-7(5-3-6)11(8,9)10/h2-6H,1H3;2-5H,1H3,(H,8,9,10)/q+1;/p-1. The third-order valence-electron chi connectivity index (χ3n) is 2.89. The molecular weight excluding hydrogens is 306 g/mol. The number of thiazole rings is 1. The summed E-state index contributed by atoms with van der Waals surface area (Å²) in [5.74, 6) is 0. The van der Waals surface area contributed by atoms with E-state index >= 15 is 0 Å². The van der Waals surface area contributed by atoms with E-state index in [1.807, 2.05) is 6.92 Å². The molecule has 1 heterocycles. The predicted molar refractivity (Wildman–Crippen MR) is 82.1 cm³/mol. The van der Waals surface area contributed by atoms with Gasteiger partial charge in [-0.3, -0.25) is 0 Å². The number of benzene rings is 2. The largest absolute Gasteiger partial charge is 0.744 e. The van der Waals surface area contributed by atoms with Gasteiger partial charge < -0.3 is 4.55 Å². The summed E-state index contributed by atoms with van der Waals surface area (Å²) < 4.78 is 34.7. The van der Waals surface area contributed by atoms with Gasteiger partial charge in [0.15, 0.2) is 0 Å². The van der Waals surface area contributed by atoms with Crippen molar-refractivity contribution >= 4 is 31.7 Å². The van der Waals surface area contributed by atoms with E-state index in [0.29, 0.717) is 0 Å². The lowest BCUT2D eigenvalue weighted by Gasteiger charge is -2.05. The summed E-state index contributed by atoms with van der Waals surface area (Å²) in [5, 5.41) is 0. The molecule has 0 radical (unpaired) electrons. The van der Waals surface area contributed by atoms with E-state index in [2.05, 4.69) is 41.4 Å². The molecule has 0 N–H and O–H groups in total. The van der Waals surface area contributed by atoms with Gasteiger partial charge in [-0.1, -0.05) is 41.2 Å². The topological polar surface area (TPSA) is 61.1 Å². The first-order valence-electron chi connectivity index (χ1n) is 6.22. The van der Waals surface area contributed by atoms with Crippen molar-refractivity contribution in [1.29, 1.82) is 0 Å². The monoisotopic (exact) mass is 321 g/mol. The Morgan fingerprint density at radius 3 is 2.24 bits per heavy atom. The van der Waals surface area contributed by atoms with E-state index in [1.165, 1.54) is 22.3 Å². The lowest BCUT2D eigenvalue weighted by atomic mass is 10.2. The fourth-order valence-electron chi connectivity index (χ4n) is 1.75. The zero-order valence-electron chi connectivity index (χ0n) is 11.7. The molecule has 21 heavy (non-hydrogen) atoms. The van der Waals surface area contributed by atoms with Gasteiger partial charge in [0.25, 0.3) is 0 Å². The highest BCUT2D eigenvalue weighted by atomic mass is 32.2. The SMILES string of the molecule is C[n+]1csc2ccccc21.Cc1ccc(S(=O)(=O)[O-])cc1. The van der Waals surface area contributed by atoms with Gasteiger partial charge in [-0.2, -0.15) is 4.57 Å². The Balaban J connectivity index is 0.000000154. The minimum Gasteiger partial charge on any atom is -0.744 e. The number of rotatable bonds is 1. The summed E-state index contributed by atoms with van der Waals surface area (Å²) >= 11 is 1.78. The van der Waals surface area contributed by atoms with E-state index in [-0.39, 0.29) is 4.90 Å². The van der Waals surface area contributed by atoms with E-state index < -0.39 is 10.1 Å². The molecule has 2 aromatic carbocycles. The van der Waals surface area contributed by atoms with Gasteiger partial charge in [-0.05, 0) is 25.1 Å².